The fraction of sp³-hybridized carbons (Fsp3) is 0.400. The molecule has 0 saturated carbocycles. The lowest BCUT2D eigenvalue weighted by Crippen LogP contribution is -2.24. The monoisotopic (exact) mass is 434 g/mol. The van der Waals surface area contributed by atoms with E-state index in [0.29, 0.717) is 12.0 Å². The molecule has 1 saturated heterocycles. The molecular formula is C25H30N4O3. The third-order valence-corrected chi connectivity index (χ3v) is 5.83. The van der Waals surface area contributed by atoms with E-state index in [0.717, 1.165) is 52.0 Å². The van der Waals surface area contributed by atoms with Crippen LogP contribution in [-0.2, 0) is 23.1 Å². The van der Waals surface area contributed by atoms with Crippen molar-refractivity contribution < 1.29 is 9.47 Å². The van der Waals surface area contributed by atoms with Gasteiger partial charge in [-0.2, -0.15) is 0 Å². The number of nitrogens with one attached hydrogen (secondary N) is 1. The fourth-order valence-electron chi connectivity index (χ4n) is 3.95. The van der Waals surface area contributed by atoms with E-state index in [1.54, 1.807) is 24.9 Å². The van der Waals surface area contributed by atoms with E-state index in [4.69, 9.17) is 9.47 Å². The van der Waals surface area contributed by atoms with E-state index in [2.05, 4.69) is 28.8 Å². The van der Waals surface area contributed by atoms with Crippen LogP contribution in [0.3, 0.4) is 0 Å². The number of fused-ring (bicyclic) bond motifs is 3. The lowest BCUT2D eigenvalue weighted by Gasteiger charge is -2.28. The van der Waals surface area contributed by atoms with Crippen molar-refractivity contribution in [3.63, 3.8) is 0 Å². The van der Waals surface area contributed by atoms with E-state index in [-0.39, 0.29) is 5.69 Å². The lowest BCUT2D eigenvalue weighted by molar-refractivity contribution is 0.0127. The summed E-state index contributed by atoms with van der Waals surface area (Å²) in [5.74, 6) is 0. The summed E-state index contributed by atoms with van der Waals surface area (Å²) < 4.78 is 11.9. The van der Waals surface area contributed by atoms with Crippen molar-refractivity contribution in [1.82, 2.24) is 19.5 Å². The Morgan fingerprint density at radius 2 is 1.97 bits per heavy atom. The first-order valence-corrected chi connectivity index (χ1v) is 10.9. The SMILES string of the molecule is CC1(C)CCCOC1.COCc1ccc(-c2ccc3ncc4c([nH]c(=O)n4C)c3c2)cn1. The van der Waals surface area contributed by atoms with Crippen molar-refractivity contribution in [2.75, 3.05) is 20.3 Å². The maximum atomic E-state index is 11.9. The maximum Gasteiger partial charge on any atom is 0.326 e. The van der Waals surface area contributed by atoms with Gasteiger partial charge in [0.15, 0.2) is 0 Å². The smallest absolute Gasteiger partial charge is 0.326 e. The van der Waals surface area contributed by atoms with Crippen LogP contribution in [0.15, 0.2) is 47.5 Å². The number of aromatic nitrogens is 4. The first kappa shape index (κ1) is 22.2. The minimum atomic E-state index is -0.143. The quantitative estimate of drug-likeness (QED) is 0.515. The van der Waals surface area contributed by atoms with E-state index < -0.39 is 0 Å². The van der Waals surface area contributed by atoms with Gasteiger partial charge in [0.2, 0.25) is 0 Å². The van der Waals surface area contributed by atoms with Gasteiger partial charge in [-0.15, -0.1) is 0 Å². The number of pyridine rings is 2. The van der Waals surface area contributed by atoms with Gasteiger partial charge in [0, 0.05) is 37.9 Å². The summed E-state index contributed by atoms with van der Waals surface area (Å²) in [6.07, 6.45) is 6.12. The number of methoxy groups -OCH3 is 1. The van der Waals surface area contributed by atoms with Gasteiger partial charge < -0.3 is 14.5 Å². The molecule has 0 radical (unpaired) electrons. The molecule has 0 atom stereocenters. The van der Waals surface area contributed by atoms with Crippen molar-refractivity contribution >= 4 is 21.9 Å². The minimum Gasteiger partial charge on any atom is -0.381 e. The molecule has 7 heteroatoms. The van der Waals surface area contributed by atoms with Gasteiger partial charge in [0.05, 0.1) is 41.7 Å². The molecule has 0 unspecified atom stereocenters. The number of benzene rings is 1. The molecule has 4 aromatic rings. The predicted molar refractivity (Wildman–Crippen MR) is 127 cm³/mol. The Hall–Kier alpha value is -3.03. The summed E-state index contributed by atoms with van der Waals surface area (Å²) >= 11 is 0. The first-order chi connectivity index (χ1) is 15.4. The largest absolute Gasteiger partial charge is 0.381 e. The molecule has 5 rings (SSSR count). The van der Waals surface area contributed by atoms with Gasteiger partial charge in [-0.25, -0.2) is 4.79 Å². The number of rotatable bonds is 3. The average molecular weight is 435 g/mol. The molecule has 1 N–H and O–H groups in total. The van der Waals surface area contributed by atoms with Crippen LogP contribution in [-0.4, -0.2) is 39.8 Å². The zero-order chi connectivity index (χ0) is 22.7. The van der Waals surface area contributed by atoms with Crippen LogP contribution in [0.5, 0.6) is 0 Å². The molecule has 32 heavy (non-hydrogen) atoms. The normalized spacial score (nSPS) is 15.5. The second-order valence-corrected chi connectivity index (χ2v) is 9.03. The van der Waals surface area contributed by atoms with Crippen LogP contribution in [0.25, 0.3) is 33.1 Å². The van der Waals surface area contributed by atoms with Crippen molar-refractivity contribution in [3.05, 3.63) is 58.9 Å². The van der Waals surface area contributed by atoms with E-state index in [1.165, 1.54) is 12.8 Å². The van der Waals surface area contributed by atoms with E-state index in [1.807, 2.05) is 36.5 Å². The molecule has 0 spiro atoms. The Morgan fingerprint density at radius 1 is 1.16 bits per heavy atom. The van der Waals surface area contributed by atoms with Gasteiger partial charge in [-0.1, -0.05) is 26.0 Å². The van der Waals surface area contributed by atoms with Crippen LogP contribution < -0.4 is 5.69 Å². The topological polar surface area (TPSA) is 82.0 Å². The number of aromatic amines is 1. The van der Waals surface area contributed by atoms with Crippen LogP contribution in [0.1, 0.15) is 32.4 Å². The number of imidazole rings is 1. The molecule has 1 aliphatic heterocycles. The Morgan fingerprint density at radius 3 is 2.59 bits per heavy atom. The molecular weight excluding hydrogens is 404 g/mol. The minimum absolute atomic E-state index is 0.143. The molecule has 4 heterocycles. The molecule has 0 bridgehead atoms. The Labute approximate surface area is 187 Å². The standard InChI is InChI=1S/C18H16N4O2.C7H14O/c1-22-16-9-20-15-6-4-11(7-14(15)17(16)21-18(22)23)12-3-5-13(10-24-2)19-8-12;1-7(2)4-3-5-8-6-7/h3-9H,10H2,1-2H3,(H,21,23);3-6H2,1-2H3. The van der Waals surface area contributed by atoms with Crippen molar-refractivity contribution in [1.29, 1.82) is 0 Å². The third-order valence-electron chi connectivity index (χ3n) is 5.83. The van der Waals surface area contributed by atoms with Crippen LogP contribution in [0.4, 0.5) is 0 Å². The summed E-state index contributed by atoms with van der Waals surface area (Å²) in [6.45, 7) is 6.93. The Bertz CT molecular complexity index is 1260. The van der Waals surface area contributed by atoms with Gasteiger partial charge in [-0.3, -0.25) is 14.5 Å². The first-order valence-electron chi connectivity index (χ1n) is 10.9. The molecule has 3 aromatic heterocycles. The summed E-state index contributed by atoms with van der Waals surface area (Å²) in [6, 6.07) is 9.97. The molecule has 168 valence electrons. The van der Waals surface area contributed by atoms with Crippen LogP contribution >= 0.6 is 0 Å². The summed E-state index contributed by atoms with van der Waals surface area (Å²) in [5, 5.41) is 0.920. The highest BCUT2D eigenvalue weighted by Crippen LogP contribution is 2.27. The van der Waals surface area contributed by atoms with Gasteiger partial charge in [0.25, 0.3) is 0 Å². The number of H-pyrrole nitrogens is 1. The Balaban J connectivity index is 0.000000260. The number of aryl methyl sites for hydroxylation is 1. The zero-order valence-electron chi connectivity index (χ0n) is 19.1. The number of nitrogens with zero attached hydrogens (tertiary/aromatic N) is 3. The van der Waals surface area contributed by atoms with E-state index >= 15 is 0 Å². The van der Waals surface area contributed by atoms with Gasteiger partial charge in [-0.05, 0) is 42.0 Å². The highest BCUT2D eigenvalue weighted by molar-refractivity contribution is 6.03. The number of hydrogen-bond acceptors (Lipinski definition) is 5. The van der Waals surface area contributed by atoms with Gasteiger partial charge >= 0.3 is 5.69 Å². The fourth-order valence-corrected chi connectivity index (χ4v) is 3.95. The molecule has 1 aromatic carbocycles. The second-order valence-electron chi connectivity index (χ2n) is 9.03. The number of ether oxygens (including phenoxy) is 2. The van der Waals surface area contributed by atoms with Gasteiger partial charge in [0.1, 0.15) is 0 Å². The molecule has 0 amide bonds. The summed E-state index contributed by atoms with van der Waals surface area (Å²) in [4.78, 5) is 23.7. The molecule has 7 nitrogen and oxygen atoms in total. The predicted octanol–water partition coefficient (Wildman–Crippen LogP) is 4.45. The highest BCUT2D eigenvalue weighted by Gasteiger charge is 2.20. The summed E-state index contributed by atoms with van der Waals surface area (Å²) in [7, 11) is 3.38. The van der Waals surface area contributed by atoms with Crippen molar-refractivity contribution in [3.8, 4) is 11.1 Å². The third kappa shape index (κ3) is 4.74. The van der Waals surface area contributed by atoms with Crippen LogP contribution in [0.2, 0.25) is 0 Å². The van der Waals surface area contributed by atoms with Crippen molar-refractivity contribution in [2.24, 2.45) is 12.5 Å². The zero-order valence-corrected chi connectivity index (χ0v) is 19.1. The Kier molecular flexibility index (Phi) is 6.39. The molecule has 1 fully saturated rings. The molecule has 1 aliphatic rings. The van der Waals surface area contributed by atoms with E-state index in [9.17, 15) is 4.79 Å². The summed E-state index contributed by atoms with van der Waals surface area (Å²) in [5.41, 5.74) is 5.67. The maximum absolute atomic E-state index is 11.9. The average Bonchev–Trinajstić information content (AvgIpc) is 3.08. The lowest BCUT2D eigenvalue weighted by atomic mass is 9.87. The van der Waals surface area contributed by atoms with Crippen molar-refractivity contribution in [2.45, 2.75) is 33.3 Å². The molecule has 0 aliphatic carbocycles. The number of hydrogen-bond donors (Lipinski definition) is 1. The second kappa shape index (κ2) is 9.22. The van der Waals surface area contributed by atoms with Crippen LogP contribution in [0, 0.1) is 5.41 Å². The highest BCUT2D eigenvalue weighted by atomic mass is 16.5.